The molecule has 9 heteroatoms. The normalized spacial score (nSPS) is 18.7. The van der Waals surface area contributed by atoms with Crippen molar-refractivity contribution in [3.05, 3.63) is 28.8 Å². The van der Waals surface area contributed by atoms with Crippen LogP contribution >= 0.6 is 0 Å². The van der Waals surface area contributed by atoms with Crippen molar-refractivity contribution in [3.63, 3.8) is 0 Å². The monoisotopic (exact) mass is 408 g/mol. The van der Waals surface area contributed by atoms with E-state index in [0.29, 0.717) is 31.1 Å². The summed E-state index contributed by atoms with van der Waals surface area (Å²) in [5.41, 5.74) is 2.54. The van der Waals surface area contributed by atoms with E-state index in [9.17, 15) is 18.0 Å². The molecule has 2 aliphatic rings. The van der Waals surface area contributed by atoms with Gasteiger partial charge in [0.1, 0.15) is 0 Å². The largest absolute Gasteiger partial charge is 0.335 e. The molecule has 2 fully saturated rings. The van der Waals surface area contributed by atoms with Crippen LogP contribution in [0.4, 0.5) is 4.79 Å². The average molecular weight is 409 g/mol. The summed E-state index contributed by atoms with van der Waals surface area (Å²) in [7, 11) is -3.58. The van der Waals surface area contributed by atoms with Gasteiger partial charge in [-0.2, -0.15) is 4.31 Å². The molecule has 1 heterocycles. The van der Waals surface area contributed by atoms with Crippen LogP contribution in [0, 0.1) is 20.8 Å². The van der Waals surface area contributed by atoms with Crippen LogP contribution in [0.15, 0.2) is 17.0 Å². The van der Waals surface area contributed by atoms with E-state index in [4.69, 9.17) is 0 Å². The summed E-state index contributed by atoms with van der Waals surface area (Å²) in [6, 6.07) is 3.50. The van der Waals surface area contributed by atoms with Crippen molar-refractivity contribution in [2.45, 2.75) is 44.6 Å². The topological polar surface area (TPSA) is 98.8 Å². The lowest BCUT2D eigenvalue weighted by atomic mass is 10.1. The molecule has 0 radical (unpaired) electrons. The van der Waals surface area contributed by atoms with Gasteiger partial charge < -0.3 is 5.32 Å². The number of carbonyl (C=O) groups excluding carboxylic acids is 2. The number of benzene rings is 1. The summed E-state index contributed by atoms with van der Waals surface area (Å²) in [5, 5.41) is 5.03. The highest BCUT2D eigenvalue weighted by atomic mass is 32.2. The second kappa shape index (κ2) is 8.18. The number of aryl methyl sites for hydroxylation is 3. The molecule has 1 aromatic rings. The van der Waals surface area contributed by atoms with Gasteiger partial charge in [-0.15, -0.1) is 0 Å². The van der Waals surface area contributed by atoms with Crippen molar-refractivity contribution in [1.29, 1.82) is 0 Å². The van der Waals surface area contributed by atoms with Gasteiger partial charge in [0.2, 0.25) is 15.9 Å². The van der Waals surface area contributed by atoms with E-state index in [-0.39, 0.29) is 18.5 Å². The molecule has 28 heavy (non-hydrogen) atoms. The minimum absolute atomic E-state index is 0.0779. The van der Waals surface area contributed by atoms with Gasteiger partial charge in [0, 0.05) is 32.2 Å². The average Bonchev–Trinajstić information content (AvgIpc) is 3.37. The molecule has 1 saturated carbocycles. The number of rotatable bonds is 5. The summed E-state index contributed by atoms with van der Waals surface area (Å²) in [5.74, 6) is -0.375. The maximum atomic E-state index is 13.1. The second-order valence-electron chi connectivity index (χ2n) is 7.70. The molecule has 0 spiro atoms. The molecule has 3 amide bonds. The molecular weight excluding hydrogens is 380 g/mol. The summed E-state index contributed by atoms with van der Waals surface area (Å²) < 4.78 is 27.7. The summed E-state index contributed by atoms with van der Waals surface area (Å²) in [4.78, 5) is 25.9. The van der Waals surface area contributed by atoms with Crippen molar-refractivity contribution in [2.24, 2.45) is 0 Å². The maximum absolute atomic E-state index is 13.1. The zero-order valence-corrected chi connectivity index (χ0v) is 17.4. The molecule has 0 aromatic heterocycles. The lowest BCUT2D eigenvalue weighted by molar-refractivity contribution is -0.121. The number of nitrogens with one attached hydrogen (secondary N) is 2. The van der Waals surface area contributed by atoms with Crippen LogP contribution in [0.5, 0.6) is 0 Å². The van der Waals surface area contributed by atoms with Gasteiger partial charge in [-0.1, -0.05) is 17.7 Å². The fraction of sp³-hybridized carbons (Fsp3) is 0.579. The Morgan fingerprint density at radius 2 is 1.61 bits per heavy atom. The minimum atomic E-state index is -3.58. The lowest BCUT2D eigenvalue weighted by Gasteiger charge is -2.34. The van der Waals surface area contributed by atoms with E-state index in [1.54, 1.807) is 0 Å². The van der Waals surface area contributed by atoms with E-state index in [1.807, 2.05) is 37.8 Å². The van der Waals surface area contributed by atoms with Crippen LogP contribution in [0.3, 0.4) is 0 Å². The number of imide groups is 1. The van der Waals surface area contributed by atoms with Gasteiger partial charge in [-0.25, -0.2) is 13.2 Å². The van der Waals surface area contributed by atoms with Crippen molar-refractivity contribution in [3.8, 4) is 0 Å². The van der Waals surface area contributed by atoms with Crippen molar-refractivity contribution < 1.29 is 18.0 Å². The minimum Gasteiger partial charge on any atom is -0.335 e. The first-order chi connectivity index (χ1) is 13.2. The molecule has 0 bridgehead atoms. The number of nitrogens with zero attached hydrogens (tertiary/aromatic N) is 2. The molecule has 1 aliphatic heterocycles. The third-order valence-electron chi connectivity index (χ3n) is 5.07. The Bertz CT molecular complexity index is 849. The van der Waals surface area contributed by atoms with Gasteiger partial charge in [0.25, 0.3) is 0 Å². The molecule has 0 atom stereocenters. The predicted molar refractivity (Wildman–Crippen MR) is 106 cm³/mol. The van der Waals surface area contributed by atoms with E-state index >= 15 is 0 Å². The molecule has 0 unspecified atom stereocenters. The van der Waals surface area contributed by atoms with Crippen LogP contribution in [0.25, 0.3) is 0 Å². The zero-order valence-electron chi connectivity index (χ0n) is 16.6. The molecule has 3 rings (SSSR count). The van der Waals surface area contributed by atoms with E-state index in [1.165, 1.54) is 4.31 Å². The third-order valence-corrected chi connectivity index (χ3v) is 7.27. The summed E-state index contributed by atoms with van der Waals surface area (Å²) >= 11 is 0. The molecule has 154 valence electrons. The second-order valence-corrected chi connectivity index (χ2v) is 9.58. The fourth-order valence-corrected chi connectivity index (χ4v) is 5.48. The van der Waals surface area contributed by atoms with Gasteiger partial charge >= 0.3 is 6.03 Å². The van der Waals surface area contributed by atoms with Gasteiger partial charge in [0.15, 0.2) is 0 Å². The molecule has 1 aromatic carbocycles. The SMILES string of the molecule is Cc1cc(C)c(S(=O)(=O)N2CCN(CC(=O)NC(=O)NC3CC3)CC2)c(C)c1. The molecule has 1 saturated heterocycles. The third kappa shape index (κ3) is 4.89. The standard InChI is InChI=1S/C19H28N4O4S/c1-13-10-14(2)18(15(3)11-13)28(26,27)23-8-6-22(7-9-23)12-17(24)21-19(25)20-16-4-5-16/h10-11,16H,4-9,12H2,1-3H3,(H2,20,21,24,25). The molecule has 8 nitrogen and oxygen atoms in total. The van der Waals surface area contributed by atoms with E-state index in [0.717, 1.165) is 29.5 Å². The van der Waals surface area contributed by atoms with Crippen LogP contribution in [-0.2, 0) is 14.8 Å². The van der Waals surface area contributed by atoms with Crippen molar-refractivity contribution in [1.82, 2.24) is 19.8 Å². The first kappa shape index (κ1) is 20.8. The number of urea groups is 1. The first-order valence-corrected chi connectivity index (χ1v) is 11.0. The highest BCUT2D eigenvalue weighted by Gasteiger charge is 2.31. The fourth-order valence-electron chi connectivity index (χ4n) is 3.65. The number of carbonyl (C=O) groups is 2. The Hall–Kier alpha value is -1.97. The lowest BCUT2D eigenvalue weighted by Crippen LogP contribution is -2.52. The van der Waals surface area contributed by atoms with Crippen molar-refractivity contribution in [2.75, 3.05) is 32.7 Å². The van der Waals surface area contributed by atoms with Crippen molar-refractivity contribution >= 4 is 22.0 Å². The zero-order chi connectivity index (χ0) is 20.5. The number of piperazine rings is 1. The number of hydrogen-bond donors (Lipinski definition) is 2. The number of sulfonamides is 1. The Kier molecular flexibility index (Phi) is 6.07. The van der Waals surface area contributed by atoms with Gasteiger partial charge in [-0.3, -0.25) is 15.0 Å². The Balaban J connectivity index is 1.56. The van der Waals surface area contributed by atoms with Gasteiger partial charge in [0.05, 0.1) is 11.4 Å². The Morgan fingerprint density at radius 1 is 1.04 bits per heavy atom. The first-order valence-electron chi connectivity index (χ1n) is 9.57. The quantitative estimate of drug-likeness (QED) is 0.754. The summed E-state index contributed by atoms with van der Waals surface area (Å²) in [6.07, 6.45) is 1.91. The predicted octanol–water partition coefficient (Wildman–Crippen LogP) is 0.906. The van der Waals surface area contributed by atoms with Crippen LogP contribution in [-0.4, -0.2) is 68.3 Å². The smallest absolute Gasteiger partial charge is 0.321 e. The highest BCUT2D eigenvalue weighted by molar-refractivity contribution is 7.89. The van der Waals surface area contributed by atoms with E-state index in [2.05, 4.69) is 10.6 Å². The Labute approximate surface area is 166 Å². The highest BCUT2D eigenvalue weighted by Crippen LogP contribution is 2.26. The van der Waals surface area contributed by atoms with E-state index < -0.39 is 16.1 Å². The number of hydrogen-bond acceptors (Lipinski definition) is 5. The van der Waals surface area contributed by atoms with Gasteiger partial charge in [-0.05, 0) is 44.7 Å². The Morgan fingerprint density at radius 3 is 2.14 bits per heavy atom. The molecule has 2 N–H and O–H groups in total. The number of amides is 3. The van der Waals surface area contributed by atoms with Crippen LogP contribution in [0.1, 0.15) is 29.5 Å². The maximum Gasteiger partial charge on any atom is 0.321 e. The van der Waals surface area contributed by atoms with Crippen LogP contribution in [0.2, 0.25) is 0 Å². The summed E-state index contributed by atoms with van der Waals surface area (Å²) in [6.45, 7) is 7.19. The molecular formula is C19H28N4O4S. The molecule has 1 aliphatic carbocycles. The van der Waals surface area contributed by atoms with Crippen LogP contribution < -0.4 is 10.6 Å².